The molecule has 0 unspecified atom stereocenters. The minimum atomic E-state index is -0.422. The van der Waals surface area contributed by atoms with Gasteiger partial charge in [0.05, 0.1) is 40.8 Å². The van der Waals surface area contributed by atoms with Gasteiger partial charge in [0.15, 0.2) is 5.65 Å². The van der Waals surface area contributed by atoms with Crippen molar-refractivity contribution in [3.05, 3.63) is 57.2 Å². The summed E-state index contributed by atoms with van der Waals surface area (Å²) in [5, 5.41) is 5.22. The molecule has 1 saturated carbocycles. The number of rotatable bonds is 4. The Morgan fingerprint density at radius 2 is 2.00 bits per heavy atom. The summed E-state index contributed by atoms with van der Waals surface area (Å²) in [5.74, 6) is -0.330. The second kappa shape index (κ2) is 7.71. The Morgan fingerprint density at radius 1 is 1.25 bits per heavy atom. The standard InChI is InChI=1S/C23H25ClFN5O2/c1-12-21(24)13(2)30-22(26-12)18-10-29(11-19(18)27-30)23(31)17-6-5-14(25)7-20(17)32-16-8-15(9-16)28(3)4/h5-7,15-16H,8-11H2,1-4H3/t15-,16+. The van der Waals surface area contributed by atoms with Crippen LogP contribution in [-0.2, 0) is 13.1 Å². The number of amides is 1. The van der Waals surface area contributed by atoms with Gasteiger partial charge in [-0.2, -0.15) is 5.10 Å². The van der Waals surface area contributed by atoms with Gasteiger partial charge in [-0.15, -0.1) is 0 Å². The first-order chi connectivity index (χ1) is 15.2. The van der Waals surface area contributed by atoms with Crippen LogP contribution in [0.15, 0.2) is 18.2 Å². The fourth-order valence-corrected chi connectivity index (χ4v) is 4.56. The molecular weight excluding hydrogens is 433 g/mol. The number of carbonyl (C=O) groups is 1. The molecule has 1 amide bonds. The van der Waals surface area contributed by atoms with E-state index in [-0.39, 0.29) is 12.0 Å². The molecular formula is C23H25ClFN5O2. The molecule has 1 fully saturated rings. The van der Waals surface area contributed by atoms with E-state index in [9.17, 15) is 9.18 Å². The highest BCUT2D eigenvalue weighted by atomic mass is 35.5. The van der Waals surface area contributed by atoms with Gasteiger partial charge in [0.25, 0.3) is 5.91 Å². The van der Waals surface area contributed by atoms with E-state index < -0.39 is 5.82 Å². The van der Waals surface area contributed by atoms with E-state index in [0.717, 1.165) is 41.1 Å². The Hall–Kier alpha value is -2.71. The Kier molecular flexibility index (Phi) is 5.09. The van der Waals surface area contributed by atoms with Crippen molar-refractivity contribution in [1.29, 1.82) is 0 Å². The molecule has 2 aromatic heterocycles. The molecule has 3 aromatic rings. The van der Waals surface area contributed by atoms with Gasteiger partial charge in [0.2, 0.25) is 0 Å². The van der Waals surface area contributed by atoms with Crippen LogP contribution in [-0.4, -0.2) is 56.5 Å². The van der Waals surface area contributed by atoms with Crippen molar-refractivity contribution in [3.8, 4) is 5.75 Å². The number of hydrogen-bond donors (Lipinski definition) is 0. The summed E-state index contributed by atoms with van der Waals surface area (Å²) in [6.45, 7) is 4.50. The van der Waals surface area contributed by atoms with E-state index in [0.29, 0.717) is 35.5 Å². The van der Waals surface area contributed by atoms with Gasteiger partial charge in [-0.1, -0.05) is 11.6 Å². The van der Waals surface area contributed by atoms with E-state index in [1.54, 1.807) is 9.42 Å². The van der Waals surface area contributed by atoms with Gasteiger partial charge < -0.3 is 14.5 Å². The number of fused-ring (bicyclic) bond motifs is 3. The van der Waals surface area contributed by atoms with Crippen LogP contribution in [0.3, 0.4) is 0 Å². The number of nitrogens with zero attached hydrogens (tertiary/aromatic N) is 5. The van der Waals surface area contributed by atoms with Gasteiger partial charge in [0, 0.05) is 17.7 Å². The maximum Gasteiger partial charge on any atom is 0.258 e. The number of halogens is 2. The van der Waals surface area contributed by atoms with Crippen molar-refractivity contribution in [2.75, 3.05) is 14.1 Å². The fourth-order valence-electron chi connectivity index (χ4n) is 4.43. The first-order valence-electron chi connectivity index (χ1n) is 10.7. The van der Waals surface area contributed by atoms with Crippen LogP contribution in [0.2, 0.25) is 5.02 Å². The molecule has 0 N–H and O–H groups in total. The Morgan fingerprint density at radius 3 is 2.72 bits per heavy atom. The zero-order valence-corrected chi connectivity index (χ0v) is 19.3. The zero-order chi connectivity index (χ0) is 22.7. The average molecular weight is 458 g/mol. The molecule has 9 heteroatoms. The highest BCUT2D eigenvalue weighted by Crippen LogP contribution is 2.34. The quantitative estimate of drug-likeness (QED) is 0.597. The van der Waals surface area contributed by atoms with Crippen molar-refractivity contribution in [1.82, 2.24) is 24.4 Å². The lowest BCUT2D eigenvalue weighted by atomic mass is 9.88. The maximum atomic E-state index is 14.0. The summed E-state index contributed by atoms with van der Waals surface area (Å²) < 4.78 is 21.7. The second-order valence-electron chi connectivity index (χ2n) is 8.89. The molecule has 1 aliphatic heterocycles. The summed E-state index contributed by atoms with van der Waals surface area (Å²) in [6, 6.07) is 4.56. The molecule has 32 heavy (non-hydrogen) atoms. The molecule has 1 aliphatic carbocycles. The van der Waals surface area contributed by atoms with Crippen LogP contribution in [0.4, 0.5) is 4.39 Å². The first-order valence-corrected chi connectivity index (χ1v) is 11.1. The number of aromatic nitrogens is 3. The van der Waals surface area contributed by atoms with Gasteiger partial charge in [0.1, 0.15) is 17.7 Å². The van der Waals surface area contributed by atoms with Gasteiger partial charge >= 0.3 is 0 Å². The molecule has 1 aromatic carbocycles. The molecule has 0 radical (unpaired) electrons. The highest BCUT2D eigenvalue weighted by molar-refractivity contribution is 6.31. The first kappa shape index (κ1) is 21.2. The third-order valence-electron chi connectivity index (χ3n) is 6.51. The van der Waals surface area contributed by atoms with Crippen molar-refractivity contribution in [3.63, 3.8) is 0 Å². The summed E-state index contributed by atoms with van der Waals surface area (Å²) >= 11 is 6.32. The molecule has 0 spiro atoms. The summed E-state index contributed by atoms with van der Waals surface area (Å²) in [5.41, 5.74) is 4.35. The third-order valence-corrected chi connectivity index (χ3v) is 7.06. The molecule has 5 rings (SSSR count). The van der Waals surface area contributed by atoms with Gasteiger partial charge in [-0.05, 0) is 52.9 Å². The predicted octanol–water partition coefficient (Wildman–Crippen LogP) is 3.77. The smallest absolute Gasteiger partial charge is 0.258 e. The monoisotopic (exact) mass is 457 g/mol. The molecule has 168 valence electrons. The number of carbonyl (C=O) groups excluding carboxylic acids is 1. The van der Waals surface area contributed by atoms with Crippen LogP contribution < -0.4 is 4.74 Å². The third kappa shape index (κ3) is 3.42. The van der Waals surface area contributed by atoms with E-state index in [1.165, 1.54) is 18.2 Å². The van der Waals surface area contributed by atoms with Crippen molar-refractivity contribution < 1.29 is 13.9 Å². The van der Waals surface area contributed by atoms with Gasteiger partial charge in [-0.25, -0.2) is 13.9 Å². The number of aryl methyl sites for hydroxylation is 2. The Labute approximate surface area is 190 Å². The average Bonchev–Trinajstić information content (AvgIpc) is 3.27. The van der Waals surface area contributed by atoms with Crippen molar-refractivity contribution in [2.24, 2.45) is 0 Å². The number of hydrogen-bond acceptors (Lipinski definition) is 5. The van der Waals surface area contributed by atoms with E-state index in [4.69, 9.17) is 16.3 Å². The van der Waals surface area contributed by atoms with Crippen LogP contribution in [0.5, 0.6) is 5.75 Å². The minimum absolute atomic E-state index is 0.0179. The lowest BCUT2D eigenvalue weighted by Crippen LogP contribution is -2.46. The van der Waals surface area contributed by atoms with Crippen molar-refractivity contribution >= 4 is 23.2 Å². The van der Waals surface area contributed by atoms with Crippen LogP contribution in [0, 0.1) is 19.7 Å². The topological polar surface area (TPSA) is 63.0 Å². The van der Waals surface area contributed by atoms with E-state index in [2.05, 4.69) is 15.0 Å². The highest BCUT2D eigenvalue weighted by Gasteiger charge is 2.35. The van der Waals surface area contributed by atoms with Gasteiger partial charge in [-0.3, -0.25) is 4.79 Å². The summed E-state index contributed by atoms with van der Waals surface area (Å²) in [4.78, 5) is 21.8. The molecule has 0 bridgehead atoms. The Bertz CT molecular complexity index is 1240. The van der Waals surface area contributed by atoms with Crippen molar-refractivity contribution in [2.45, 2.75) is 51.9 Å². The van der Waals surface area contributed by atoms with Crippen LogP contribution in [0.1, 0.15) is 45.8 Å². The molecule has 3 heterocycles. The molecule has 0 atom stereocenters. The normalized spacial score (nSPS) is 20.0. The summed E-state index contributed by atoms with van der Waals surface area (Å²) in [7, 11) is 4.07. The number of benzene rings is 1. The van der Waals surface area contributed by atoms with Crippen LogP contribution >= 0.6 is 11.6 Å². The second-order valence-corrected chi connectivity index (χ2v) is 9.27. The lowest BCUT2D eigenvalue weighted by Gasteiger charge is -2.39. The van der Waals surface area contributed by atoms with E-state index in [1.807, 2.05) is 27.9 Å². The maximum absolute atomic E-state index is 14.0. The lowest BCUT2D eigenvalue weighted by molar-refractivity contribution is 0.0384. The molecule has 0 saturated heterocycles. The molecule has 2 aliphatic rings. The number of ether oxygens (including phenoxy) is 1. The van der Waals surface area contributed by atoms with Crippen LogP contribution in [0.25, 0.3) is 5.65 Å². The minimum Gasteiger partial charge on any atom is -0.489 e. The zero-order valence-electron chi connectivity index (χ0n) is 18.5. The summed E-state index contributed by atoms with van der Waals surface area (Å²) in [6.07, 6.45) is 1.70. The predicted molar refractivity (Wildman–Crippen MR) is 119 cm³/mol. The largest absolute Gasteiger partial charge is 0.489 e. The molecule has 7 nitrogen and oxygen atoms in total. The van der Waals surface area contributed by atoms with E-state index >= 15 is 0 Å². The Balaban J connectivity index is 1.39. The fraction of sp³-hybridized carbons (Fsp3) is 0.435. The SMILES string of the molecule is Cc1nc2c3c(nn2c(C)c1Cl)CN(C(=O)c1ccc(F)cc1O[C@H]1C[C@@H](N(C)C)C1)C3.